The van der Waals surface area contributed by atoms with E-state index >= 15 is 0 Å². The number of carbonyl (C=O) groups is 1. The SMILES string of the molecule is CNC1(COc2nc3c(cc2C)c(C(N)=O)c(N)n3-c2c(C)n[nH]c(=O)c2C)CC1. The molecule has 1 aliphatic carbocycles. The van der Waals surface area contributed by atoms with E-state index in [9.17, 15) is 9.59 Å². The van der Waals surface area contributed by atoms with Crippen molar-refractivity contribution in [3.63, 3.8) is 0 Å². The molecular formula is C20H25N7O3. The van der Waals surface area contributed by atoms with E-state index in [2.05, 4.69) is 20.5 Å². The first-order chi connectivity index (χ1) is 14.2. The summed E-state index contributed by atoms with van der Waals surface area (Å²) >= 11 is 0. The topological polar surface area (TPSA) is 154 Å². The lowest BCUT2D eigenvalue weighted by Gasteiger charge is -2.16. The highest BCUT2D eigenvalue weighted by Gasteiger charge is 2.42. The molecule has 0 unspecified atom stereocenters. The largest absolute Gasteiger partial charge is 0.475 e. The highest BCUT2D eigenvalue weighted by atomic mass is 16.5. The van der Waals surface area contributed by atoms with E-state index < -0.39 is 5.91 Å². The van der Waals surface area contributed by atoms with Gasteiger partial charge in [0.25, 0.3) is 11.5 Å². The van der Waals surface area contributed by atoms with Crippen LogP contribution in [0.2, 0.25) is 0 Å². The zero-order valence-electron chi connectivity index (χ0n) is 17.4. The number of rotatable bonds is 6. The Morgan fingerprint density at radius 3 is 2.67 bits per heavy atom. The fourth-order valence-electron chi connectivity index (χ4n) is 3.74. The van der Waals surface area contributed by atoms with Crippen molar-refractivity contribution in [3.8, 4) is 11.6 Å². The first kappa shape index (κ1) is 19.9. The van der Waals surface area contributed by atoms with Gasteiger partial charge in [0.05, 0.1) is 22.5 Å². The number of aromatic nitrogens is 4. The van der Waals surface area contributed by atoms with Crippen molar-refractivity contribution < 1.29 is 9.53 Å². The lowest BCUT2D eigenvalue weighted by molar-refractivity contribution is 0.100. The van der Waals surface area contributed by atoms with Gasteiger partial charge in [0, 0.05) is 16.5 Å². The van der Waals surface area contributed by atoms with Gasteiger partial charge in [0.15, 0.2) is 5.65 Å². The Kier molecular flexibility index (Phi) is 4.53. The van der Waals surface area contributed by atoms with Gasteiger partial charge in [-0.05, 0) is 46.7 Å². The number of fused-ring (bicyclic) bond motifs is 1. The maximum absolute atomic E-state index is 12.2. The van der Waals surface area contributed by atoms with E-state index in [1.807, 2.05) is 14.0 Å². The molecule has 1 saturated carbocycles. The number of nitrogens with two attached hydrogens (primary N) is 2. The summed E-state index contributed by atoms with van der Waals surface area (Å²) in [6, 6.07) is 1.79. The lowest BCUT2D eigenvalue weighted by atomic mass is 10.1. The number of ether oxygens (including phenoxy) is 1. The number of amides is 1. The quantitative estimate of drug-likeness (QED) is 0.469. The van der Waals surface area contributed by atoms with Crippen LogP contribution in [0.5, 0.6) is 5.88 Å². The number of nitrogens with zero attached hydrogens (tertiary/aromatic N) is 3. The number of aromatic amines is 1. The second kappa shape index (κ2) is 6.84. The Morgan fingerprint density at radius 1 is 1.37 bits per heavy atom. The monoisotopic (exact) mass is 411 g/mol. The molecule has 0 saturated heterocycles. The van der Waals surface area contributed by atoms with Crippen LogP contribution >= 0.6 is 0 Å². The predicted molar refractivity (Wildman–Crippen MR) is 113 cm³/mol. The molecule has 10 heteroatoms. The molecule has 6 N–H and O–H groups in total. The molecule has 0 aromatic carbocycles. The number of carbonyl (C=O) groups excluding carboxylic acids is 1. The van der Waals surface area contributed by atoms with Crippen molar-refractivity contribution in [1.82, 2.24) is 25.1 Å². The molecule has 0 aliphatic heterocycles. The van der Waals surface area contributed by atoms with Crippen LogP contribution in [0.3, 0.4) is 0 Å². The number of pyridine rings is 1. The molecule has 1 fully saturated rings. The third kappa shape index (κ3) is 3.00. The van der Waals surface area contributed by atoms with Gasteiger partial charge >= 0.3 is 0 Å². The zero-order valence-corrected chi connectivity index (χ0v) is 17.4. The van der Waals surface area contributed by atoms with Gasteiger partial charge in [-0.3, -0.25) is 14.2 Å². The van der Waals surface area contributed by atoms with Crippen molar-refractivity contribution in [2.45, 2.75) is 39.2 Å². The molecule has 4 rings (SSSR count). The highest BCUT2D eigenvalue weighted by molar-refractivity contribution is 6.11. The molecule has 10 nitrogen and oxygen atoms in total. The summed E-state index contributed by atoms with van der Waals surface area (Å²) in [5, 5.41) is 10.3. The number of aryl methyl sites for hydroxylation is 2. The highest BCUT2D eigenvalue weighted by Crippen LogP contribution is 2.37. The Labute approximate surface area is 172 Å². The normalized spacial score (nSPS) is 14.8. The first-order valence-corrected chi connectivity index (χ1v) is 9.68. The Hall–Kier alpha value is -3.40. The number of nitrogen functional groups attached to an aromatic ring is 1. The fourth-order valence-corrected chi connectivity index (χ4v) is 3.74. The van der Waals surface area contributed by atoms with E-state index in [0.717, 1.165) is 18.4 Å². The van der Waals surface area contributed by atoms with Crippen LogP contribution in [0.4, 0.5) is 5.82 Å². The van der Waals surface area contributed by atoms with Gasteiger partial charge in [0.1, 0.15) is 12.4 Å². The van der Waals surface area contributed by atoms with E-state index in [-0.39, 0.29) is 22.5 Å². The molecule has 0 bridgehead atoms. The minimum atomic E-state index is -0.675. The van der Waals surface area contributed by atoms with E-state index in [1.165, 1.54) is 0 Å². The molecule has 1 aliphatic rings. The molecule has 0 radical (unpaired) electrons. The van der Waals surface area contributed by atoms with Crippen LogP contribution in [0.1, 0.15) is 40.0 Å². The Balaban J connectivity index is 1.97. The van der Waals surface area contributed by atoms with Crippen molar-refractivity contribution in [1.29, 1.82) is 0 Å². The second-order valence-corrected chi connectivity index (χ2v) is 7.87. The molecule has 3 aromatic heterocycles. The standard InChI is InChI=1S/C20H25N7O3/c1-9-7-12-13(16(22)28)15(21)27(14-10(2)18(29)26-25-11(14)3)17(12)24-19(9)30-8-20(23-4)5-6-20/h7,23H,5-6,8,21H2,1-4H3,(H2,22,28)(H,26,29). The smallest absolute Gasteiger partial charge is 0.269 e. The van der Waals surface area contributed by atoms with Crippen molar-refractivity contribution in [2.24, 2.45) is 5.73 Å². The van der Waals surface area contributed by atoms with Crippen LogP contribution < -0.4 is 27.1 Å². The Bertz CT molecular complexity index is 1240. The number of likely N-dealkylation sites (N-methyl/N-ethyl adjacent to an activating group) is 1. The van der Waals surface area contributed by atoms with Gasteiger partial charge in [0.2, 0.25) is 5.88 Å². The van der Waals surface area contributed by atoms with Crippen molar-refractivity contribution in [3.05, 3.63) is 38.8 Å². The number of nitrogens with one attached hydrogen (secondary N) is 2. The molecule has 30 heavy (non-hydrogen) atoms. The zero-order chi connectivity index (χ0) is 21.8. The minimum Gasteiger partial charge on any atom is -0.475 e. The predicted octanol–water partition coefficient (Wildman–Crippen LogP) is 0.846. The van der Waals surface area contributed by atoms with Crippen molar-refractivity contribution >= 4 is 22.8 Å². The van der Waals surface area contributed by atoms with Gasteiger partial charge < -0.3 is 21.5 Å². The van der Waals surface area contributed by atoms with Crippen molar-refractivity contribution in [2.75, 3.05) is 19.4 Å². The average Bonchev–Trinajstić information content (AvgIpc) is 3.43. The molecule has 158 valence electrons. The van der Waals surface area contributed by atoms with Crippen LogP contribution in [-0.4, -0.2) is 44.8 Å². The van der Waals surface area contributed by atoms with Gasteiger partial charge in [-0.25, -0.2) is 5.10 Å². The first-order valence-electron chi connectivity index (χ1n) is 9.68. The van der Waals surface area contributed by atoms with Gasteiger partial charge in [-0.15, -0.1) is 0 Å². The minimum absolute atomic E-state index is 0.0215. The summed E-state index contributed by atoms with van der Waals surface area (Å²) in [4.78, 5) is 29.1. The number of hydrogen-bond donors (Lipinski definition) is 4. The maximum atomic E-state index is 12.2. The molecule has 0 spiro atoms. The third-order valence-electron chi connectivity index (χ3n) is 5.83. The summed E-state index contributed by atoms with van der Waals surface area (Å²) in [5.74, 6) is -0.132. The summed E-state index contributed by atoms with van der Waals surface area (Å²) in [5.41, 5.74) is 14.3. The number of anilines is 1. The van der Waals surface area contributed by atoms with Crippen LogP contribution in [0, 0.1) is 20.8 Å². The molecule has 1 amide bonds. The van der Waals surface area contributed by atoms with Gasteiger partial charge in [-0.1, -0.05) is 0 Å². The van der Waals surface area contributed by atoms with E-state index in [0.29, 0.717) is 40.5 Å². The summed E-state index contributed by atoms with van der Waals surface area (Å²) < 4.78 is 7.58. The van der Waals surface area contributed by atoms with Gasteiger partial charge in [-0.2, -0.15) is 10.1 Å². The van der Waals surface area contributed by atoms with E-state index in [1.54, 1.807) is 24.5 Å². The molecule has 3 aromatic rings. The molecular weight excluding hydrogens is 386 g/mol. The van der Waals surface area contributed by atoms with Crippen LogP contribution in [0.15, 0.2) is 10.9 Å². The fraction of sp³-hybridized carbons (Fsp3) is 0.400. The third-order valence-corrected chi connectivity index (χ3v) is 5.83. The van der Waals surface area contributed by atoms with Crippen LogP contribution in [-0.2, 0) is 0 Å². The average molecular weight is 411 g/mol. The summed E-state index contributed by atoms with van der Waals surface area (Å²) in [6.07, 6.45) is 2.08. The number of H-pyrrole nitrogens is 1. The number of primary amides is 1. The number of hydrogen-bond acceptors (Lipinski definition) is 7. The Morgan fingerprint density at radius 2 is 2.07 bits per heavy atom. The van der Waals surface area contributed by atoms with Crippen LogP contribution in [0.25, 0.3) is 16.7 Å². The molecule has 0 atom stereocenters. The summed E-state index contributed by atoms with van der Waals surface area (Å²) in [7, 11) is 1.91. The maximum Gasteiger partial charge on any atom is 0.269 e. The molecule has 3 heterocycles. The van der Waals surface area contributed by atoms with E-state index in [4.69, 9.17) is 16.2 Å². The second-order valence-electron chi connectivity index (χ2n) is 7.87. The summed E-state index contributed by atoms with van der Waals surface area (Å²) in [6.45, 7) is 5.73. The lowest BCUT2D eigenvalue weighted by Crippen LogP contribution is -2.34.